The molecule has 0 saturated carbocycles. The standard InChI is InChI=1S/C32H28/c1-2-3-6-22-9-10-23-11-12-30(21-32(22)23)28-14-13-27-18-29(16-15-26(27)17-28)31-19-24-7-4-5-8-25(24)20-31/h4-5,7-9,11-19,21H,2-3,6,10,20H2,1H3. The molecule has 0 amide bonds. The lowest BCUT2D eigenvalue weighted by Gasteiger charge is -2.11. The van der Waals surface area contributed by atoms with Crippen LogP contribution in [0.2, 0.25) is 0 Å². The van der Waals surface area contributed by atoms with Crippen molar-refractivity contribution in [2.24, 2.45) is 0 Å². The fraction of sp³-hybridized carbons (Fsp3) is 0.188. The highest BCUT2D eigenvalue weighted by Gasteiger charge is 2.16. The average molecular weight is 413 g/mol. The number of allylic oxidation sites excluding steroid dienone is 3. The Balaban J connectivity index is 1.31. The van der Waals surface area contributed by atoms with Crippen molar-refractivity contribution in [3.63, 3.8) is 0 Å². The van der Waals surface area contributed by atoms with Crippen LogP contribution >= 0.6 is 0 Å². The van der Waals surface area contributed by atoms with Crippen molar-refractivity contribution in [3.8, 4) is 11.1 Å². The number of hydrogen-bond donors (Lipinski definition) is 0. The van der Waals surface area contributed by atoms with Crippen molar-refractivity contribution >= 4 is 28.0 Å². The summed E-state index contributed by atoms with van der Waals surface area (Å²) in [5.74, 6) is 0. The van der Waals surface area contributed by atoms with Gasteiger partial charge in [-0.2, -0.15) is 0 Å². The summed E-state index contributed by atoms with van der Waals surface area (Å²) < 4.78 is 0. The summed E-state index contributed by atoms with van der Waals surface area (Å²) in [6.07, 6.45) is 10.6. The van der Waals surface area contributed by atoms with Crippen molar-refractivity contribution in [2.45, 2.75) is 39.0 Å². The molecule has 2 aliphatic rings. The van der Waals surface area contributed by atoms with E-state index in [1.165, 1.54) is 74.6 Å². The predicted molar refractivity (Wildman–Crippen MR) is 139 cm³/mol. The van der Waals surface area contributed by atoms with E-state index >= 15 is 0 Å². The van der Waals surface area contributed by atoms with Gasteiger partial charge in [-0.05, 0) is 105 Å². The molecule has 0 aromatic heterocycles. The Labute approximate surface area is 190 Å². The summed E-state index contributed by atoms with van der Waals surface area (Å²) >= 11 is 0. The molecule has 0 radical (unpaired) electrons. The molecule has 0 bridgehead atoms. The molecular formula is C32H28. The molecule has 0 saturated heterocycles. The van der Waals surface area contributed by atoms with Crippen molar-refractivity contribution in [1.82, 2.24) is 0 Å². The Morgan fingerprint density at radius 3 is 2.31 bits per heavy atom. The van der Waals surface area contributed by atoms with E-state index in [-0.39, 0.29) is 0 Å². The summed E-state index contributed by atoms with van der Waals surface area (Å²) in [4.78, 5) is 0. The van der Waals surface area contributed by atoms with Crippen LogP contribution in [0.5, 0.6) is 0 Å². The zero-order valence-corrected chi connectivity index (χ0v) is 18.7. The van der Waals surface area contributed by atoms with Gasteiger partial charge in [-0.15, -0.1) is 0 Å². The molecule has 6 rings (SSSR count). The molecule has 0 nitrogen and oxygen atoms in total. The van der Waals surface area contributed by atoms with Gasteiger partial charge in [0.15, 0.2) is 0 Å². The summed E-state index contributed by atoms with van der Waals surface area (Å²) in [5.41, 5.74) is 12.7. The Hall–Kier alpha value is -3.38. The number of hydrogen-bond acceptors (Lipinski definition) is 0. The van der Waals surface area contributed by atoms with Gasteiger partial charge in [-0.3, -0.25) is 0 Å². The van der Waals surface area contributed by atoms with Gasteiger partial charge in [0.25, 0.3) is 0 Å². The minimum atomic E-state index is 1.03. The van der Waals surface area contributed by atoms with Gasteiger partial charge < -0.3 is 0 Å². The van der Waals surface area contributed by atoms with Crippen LogP contribution in [0.4, 0.5) is 0 Å². The fourth-order valence-corrected chi connectivity index (χ4v) is 5.27. The van der Waals surface area contributed by atoms with Crippen molar-refractivity contribution < 1.29 is 0 Å². The molecule has 0 heteroatoms. The zero-order valence-electron chi connectivity index (χ0n) is 18.7. The lowest BCUT2D eigenvalue weighted by atomic mass is 9.94. The Bertz CT molecular complexity index is 1400. The van der Waals surface area contributed by atoms with Gasteiger partial charge in [0, 0.05) is 0 Å². The van der Waals surface area contributed by atoms with Crippen LogP contribution in [0.25, 0.3) is 39.1 Å². The molecule has 32 heavy (non-hydrogen) atoms. The summed E-state index contributed by atoms with van der Waals surface area (Å²) in [6, 6.07) is 29.6. The number of rotatable bonds is 5. The molecule has 0 heterocycles. The first-order chi connectivity index (χ1) is 15.8. The predicted octanol–water partition coefficient (Wildman–Crippen LogP) is 8.73. The molecule has 0 unspecified atom stereocenters. The third kappa shape index (κ3) is 3.41. The molecule has 4 aromatic rings. The van der Waals surface area contributed by atoms with Crippen molar-refractivity contribution in [2.75, 3.05) is 0 Å². The van der Waals surface area contributed by atoms with E-state index < -0.39 is 0 Å². The van der Waals surface area contributed by atoms with Gasteiger partial charge in [0.1, 0.15) is 0 Å². The molecule has 156 valence electrons. The van der Waals surface area contributed by atoms with Gasteiger partial charge in [-0.25, -0.2) is 0 Å². The normalized spacial score (nSPS) is 14.3. The third-order valence-corrected chi connectivity index (χ3v) is 7.13. The second kappa shape index (κ2) is 7.95. The molecule has 0 aliphatic heterocycles. The quantitative estimate of drug-likeness (QED) is 0.307. The van der Waals surface area contributed by atoms with E-state index in [2.05, 4.69) is 97.9 Å². The van der Waals surface area contributed by atoms with Gasteiger partial charge in [0.05, 0.1) is 0 Å². The van der Waals surface area contributed by atoms with Crippen LogP contribution in [0.3, 0.4) is 0 Å². The van der Waals surface area contributed by atoms with Crippen LogP contribution in [0.15, 0.2) is 84.9 Å². The summed E-state index contributed by atoms with van der Waals surface area (Å²) in [6.45, 7) is 2.27. The van der Waals surface area contributed by atoms with E-state index in [1.54, 1.807) is 5.57 Å². The monoisotopic (exact) mass is 412 g/mol. The van der Waals surface area contributed by atoms with Gasteiger partial charge in [-0.1, -0.05) is 86.2 Å². The molecule has 0 N–H and O–H groups in total. The highest BCUT2D eigenvalue weighted by Crippen LogP contribution is 2.36. The topological polar surface area (TPSA) is 0 Å². The molecule has 0 spiro atoms. The number of fused-ring (bicyclic) bond motifs is 3. The maximum Gasteiger partial charge on any atom is -0.00137 e. The highest BCUT2D eigenvalue weighted by atomic mass is 14.2. The van der Waals surface area contributed by atoms with E-state index in [0.29, 0.717) is 0 Å². The maximum absolute atomic E-state index is 2.43. The van der Waals surface area contributed by atoms with Crippen LogP contribution in [0, 0.1) is 0 Å². The van der Waals surface area contributed by atoms with Crippen LogP contribution in [-0.4, -0.2) is 0 Å². The average Bonchev–Trinajstić information content (AvgIpc) is 3.46. The smallest absolute Gasteiger partial charge is 0.00137 e. The number of unbranched alkanes of at least 4 members (excludes halogenated alkanes) is 1. The minimum absolute atomic E-state index is 1.03. The maximum atomic E-state index is 2.43. The summed E-state index contributed by atoms with van der Waals surface area (Å²) in [7, 11) is 0. The fourth-order valence-electron chi connectivity index (χ4n) is 5.27. The molecule has 0 fully saturated rings. The molecule has 0 atom stereocenters. The highest BCUT2D eigenvalue weighted by molar-refractivity contribution is 5.94. The second-order valence-electron chi connectivity index (χ2n) is 9.23. The number of benzene rings is 4. The SMILES string of the molecule is CCCCC1=CCc2ccc(-c3ccc4cc(C5=Cc6ccccc6C5)ccc4c3)cc21. The first kappa shape index (κ1) is 19.3. The van der Waals surface area contributed by atoms with E-state index in [1.807, 2.05) is 0 Å². The van der Waals surface area contributed by atoms with Crippen LogP contribution < -0.4 is 0 Å². The zero-order chi connectivity index (χ0) is 21.5. The minimum Gasteiger partial charge on any atom is -0.0763 e. The lowest BCUT2D eigenvalue weighted by Crippen LogP contribution is -1.89. The molecular weight excluding hydrogens is 384 g/mol. The molecule has 4 aromatic carbocycles. The van der Waals surface area contributed by atoms with E-state index in [9.17, 15) is 0 Å². The van der Waals surface area contributed by atoms with E-state index in [4.69, 9.17) is 0 Å². The molecule has 2 aliphatic carbocycles. The largest absolute Gasteiger partial charge is 0.0763 e. The van der Waals surface area contributed by atoms with Crippen LogP contribution in [0.1, 0.15) is 54.0 Å². The Kier molecular flexibility index (Phi) is 4.80. The lowest BCUT2D eigenvalue weighted by molar-refractivity contribution is 0.825. The van der Waals surface area contributed by atoms with Crippen molar-refractivity contribution in [1.29, 1.82) is 0 Å². The van der Waals surface area contributed by atoms with Crippen molar-refractivity contribution in [3.05, 3.63) is 113 Å². The van der Waals surface area contributed by atoms with E-state index in [0.717, 1.165) is 12.8 Å². The third-order valence-electron chi connectivity index (χ3n) is 7.13. The second-order valence-corrected chi connectivity index (χ2v) is 9.23. The Morgan fingerprint density at radius 1 is 0.719 bits per heavy atom. The van der Waals surface area contributed by atoms with Crippen LogP contribution in [-0.2, 0) is 12.8 Å². The summed E-state index contributed by atoms with van der Waals surface area (Å²) in [5, 5.41) is 2.62. The Morgan fingerprint density at radius 2 is 1.47 bits per heavy atom. The van der Waals surface area contributed by atoms with Gasteiger partial charge >= 0.3 is 0 Å². The first-order valence-electron chi connectivity index (χ1n) is 11.9. The van der Waals surface area contributed by atoms with Gasteiger partial charge in [0.2, 0.25) is 0 Å². The first-order valence-corrected chi connectivity index (χ1v) is 11.9.